The van der Waals surface area contributed by atoms with Crippen LogP contribution in [0.15, 0.2) is 42.5 Å². The summed E-state index contributed by atoms with van der Waals surface area (Å²) >= 11 is 0. The largest absolute Gasteiger partial charge is 0.496 e. The SMILES string of the molecule is COc1cc(OC)c(C(=O)O[C@@H](C(N)=O)c2ccccc2)cc1OC. The van der Waals surface area contributed by atoms with Crippen molar-refractivity contribution in [3.63, 3.8) is 0 Å². The fourth-order valence-corrected chi connectivity index (χ4v) is 2.28. The number of hydrogen-bond donors (Lipinski definition) is 1. The molecule has 0 radical (unpaired) electrons. The maximum atomic E-state index is 12.6. The maximum absolute atomic E-state index is 12.6. The van der Waals surface area contributed by atoms with Crippen molar-refractivity contribution < 1.29 is 28.5 Å². The second kappa shape index (κ2) is 8.05. The van der Waals surface area contributed by atoms with Gasteiger partial charge in [0.05, 0.1) is 21.3 Å². The minimum Gasteiger partial charge on any atom is -0.496 e. The van der Waals surface area contributed by atoms with Crippen LogP contribution in [-0.4, -0.2) is 33.2 Å². The van der Waals surface area contributed by atoms with Crippen molar-refractivity contribution in [2.75, 3.05) is 21.3 Å². The summed E-state index contributed by atoms with van der Waals surface area (Å²) in [6.07, 6.45) is -1.22. The summed E-state index contributed by atoms with van der Waals surface area (Å²) in [5, 5.41) is 0. The number of benzene rings is 2. The molecule has 0 saturated heterocycles. The van der Waals surface area contributed by atoms with Crippen LogP contribution in [0.4, 0.5) is 0 Å². The molecular weight excluding hydrogens is 326 g/mol. The van der Waals surface area contributed by atoms with Crippen LogP contribution >= 0.6 is 0 Å². The highest BCUT2D eigenvalue weighted by molar-refractivity contribution is 5.95. The van der Waals surface area contributed by atoms with E-state index in [0.29, 0.717) is 17.1 Å². The number of esters is 1. The van der Waals surface area contributed by atoms with Gasteiger partial charge in [0.1, 0.15) is 11.3 Å². The Balaban J connectivity index is 2.37. The standard InChI is InChI=1S/C18H19NO6/c1-22-13-10-15(24-3)14(23-2)9-12(13)18(21)25-16(17(19)20)11-7-5-4-6-8-11/h4-10,16H,1-3H3,(H2,19,20)/t16-/m1/s1. The lowest BCUT2D eigenvalue weighted by Gasteiger charge is -2.17. The van der Waals surface area contributed by atoms with Gasteiger partial charge in [-0.05, 0) is 0 Å². The first-order valence-corrected chi connectivity index (χ1v) is 7.37. The Morgan fingerprint density at radius 1 is 0.880 bits per heavy atom. The molecule has 1 atom stereocenters. The summed E-state index contributed by atoms with van der Waals surface area (Å²) in [6, 6.07) is 11.4. The predicted octanol–water partition coefficient (Wildman–Crippen LogP) is 2.10. The zero-order valence-electron chi connectivity index (χ0n) is 14.1. The van der Waals surface area contributed by atoms with Gasteiger partial charge in [0.15, 0.2) is 11.5 Å². The fraction of sp³-hybridized carbons (Fsp3) is 0.222. The van der Waals surface area contributed by atoms with Crippen LogP contribution in [0.5, 0.6) is 17.2 Å². The molecule has 0 spiro atoms. The minimum atomic E-state index is -1.22. The Kier molecular flexibility index (Phi) is 5.84. The van der Waals surface area contributed by atoms with Gasteiger partial charge in [-0.3, -0.25) is 4.79 Å². The molecule has 0 unspecified atom stereocenters. The highest BCUT2D eigenvalue weighted by Gasteiger charge is 2.26. The van der Waals surface area contributed by atoms with E-state index in [1.54, 1.807) is 30.3 Å². The number of nitrogens with two attached hydrogens (primary N) is 1. The van der Waals surface area contributed by atoms with Crippen LogP contribution in [0.3, 0.4) is 0 Å². The Morgan fingerprint density at radius 3 is 1.96 bits per heavy atom. The number of carbonyl (C=O) groups is 2. The van der Waals surface area contributed by atoms with Gasteiger partial charge in [-0.2, -0.15) is 0 Å². The highest BCUT2D eigenvalue weighted by atomic mass is 16.6. The quantitative estimate of drug-likeness (QED) is 0.772. The molecule has 25 heavy (non-hydrogen) atoms. The lowest BCUT2D eigenvalue weighted by molar-refractivity contribution is -0.127. The van der Waals surface area contributed by atoms with Gasteiger partial charge in [-0.15, -0.1) is 0 Å². The smallest absolute Gasteiger partial charge is 0.343 e. The monoisotopic (exact) mass is 345 g/mol. The average molecular weight is 345 g/mol. The van der Waals surface area contributed by atoms with Crippen LogP contribution in [-0.2, 0) is 9.53 Å². The molecule has 0 aliphatic rings. The molecule has 1 amide bonds. The maximum Gasteiger partial charge on any atom is 0.343 e. The molecule has 0 heterocycles. The van der Waals surface area contributed by atoms with Crippen molar-refractivity contribution in [2.24, 2.45) is 5.73 Å². The molecular formula is C18H19NO6. The van der Waals surface area contributed by atoms with E-state index in [0.717, 1.165) is 0 Å². The molecule has 7 heteroatoms. The zero-order chi connectivity index (χ0) is 18.4. The van der Waals surface area contributed by atoms with Crippen molar-refractivity contribution in [2.45, 2.75) is 6.10 Å². The lowest BCUT2D eigenvalue weighted by atomic mass is 10.1. The van der Waals surface area contributed by atoms with E-state index in [1.165, 1.54) is 33.5 Å². The number of rotatable bonds is 7. The molecule has 132 valence electrons. The highest BCUT2D eigenvalue weighted by Crippen LogP contribution is 2.35. The first kappa shape index (κ1) is 18.1. The van der Waals surface area contributed by atoms with Crippen LogP contribution in [0.1, 0.15) is 22.0 Å². The van der Waals surface area contributed by atoms with E-state index in [-0.39, 0.29) is 11.3 Å². The molecule has 0 aliphatic heterocycles. The second-order valence-corrected chi connectivity index (χ2v) is 5.01. The third-order valence-electron chi connectivity index (χ3n) is 3.51. The van der Waals surface area contributed by atoms with Gasteiger partial charge in [0, 0.05) is 17.7 Å². The van der Waals surface area contributed by atoms with Crippen molar-refractivity contribution in [1.29, 1.82) is 0 Å². The Labute approximate surface area is 145 Å². The van der Waals surface area contributed by atoms with Crippen molar-refractivity contribution in [3.05, 3.63) is 53.6 Å². The molecule has 2 aromatic rings. The van der Waals surface area contributed by atoms with E-state index in [4.69, 9.17) is 24.7 Å². The zero-order valence-corrected chi connectivity index (χ0v) is 14.1. The number of carbonyl (C=O) groups excluding carboxylic acids is 2. The molecule has 2 N–H and O–H groups in total. The van der Waals surface area contributed by atoms with Gasteiger partial charge < -0.3 is 24.7 Å². The summed E-state index contributed by atoms with van der Waals surface area (Å²) in [7, 11) is 4.31. The third kappa shape index (κ3) is 4.00. The van der Waals surface area contributed by atoms with Gasteiger partial charge in [-0.25, -0.2) is 4.79 Å². The summed E-state index contributed by atoms with van der Waals surface area (Å²) < 4.78 is 20.9. The molecule has 0 aliphatic carbocycles. The molecule has 0 fully saturated rings. The number of amides is 1. The number of ether oxygens (including phenoxy) is 4. The fourth-order valence-electron chi connectivity index (χ4n) is 2.28. The van der Waals surface area contributed by atoms with E-state index >= 15 is 0 Å². The van der Waals surface area contributed by atoms with Gasteiger partial charge in [0.2, 0.25) is 6.10 Å². The van der Waals surface area contributed by atoms with E-state index in [1.807, 2.05) is 0 Å². The Hall–Kier alpha value is -3.22. The second-order valence-electron chi connectivity index (χ2n) is 5.01. The number of hydrogen-bond acceptors (Lipinski definition) is 6. The van der Waals surface area contributed by atoms with Gasteiger partial charge in [-0.1, -0.05) is 30.3 Å². The summed E-state index contributed by atoms with van der Waals surface area (Å²) in [6.45, 7) is 0. The first-order valence-electron chi connectivity index (χ1n) is 7.37. The minimum absolute atomic E-state index is 0.0855. The van der Waals surface area contributed by atoms with Crippen LogP contribution in [0.25, 0.3) is 0 Å². The number of methoxy groups -OCH3 is 3. The summed E-state index contributed by atoms with van der Waals surface area (Å²) in [5.74, 6) is -0.612. The lowest BCUT2D eigenvalue weighted by Crippen LogP contribution is -2.26. The Morgan fingerprint density at radius 2 is 1.44 bits per heavy atom. The number of primary amides is 1. The molecule has 0 saturated carbocycles. The van der Waals surface area contributed by atoms with Crippen molar-refractivity contribution in [3.8, 4) is 17.2 Å². The molecule has 0 aromatic heterocycles. The normalized spacial score (nSPS) is 11.3. The topological polar surface area (TPSA) is 97.1 Å². The first-order chi connectivity index (χ1) is 12.0. The predicted molar refractivity (Wildman–Crippen MR) is 89.9 cm³/mol. The summed E-state index contributed by atoms with van der Waals surface area (Å²) in [4.78, 5) is 24.3. The molecule has 7 nitrogen and oxygen atoms in total. The van der Waals surface area contributed by atoms with E-state index in [2.05, 4.69) is 0 Å². The molecule has 0 bridgehead atoms. The van der Waals surface area contributed by atoms with Gasteiger partial charge >= 0.3 is 5.97 Å². The van der Waals surface area contributed by atoms with E-state index in [9.17, 15) is 9.59 Å². The van der Waals surface area contributed by atoms with Crippen LogP contribution in [0, 0.1) is 0 Å². The summed E-state index contributed by atoms with van der Waals surface area (Å²) in [5.41, 5.74) is 5.94. The van der Waals surface area contributed by atoms with Crippen LogP contribution in [0.2, 0.25) is 0 Å². The third-order valence-corrected chi connectivity index (χ3v) is 3.51. The molecule has 2 aromatic carbocycles. The van der Waals surface area contributed by atoms with Crippen molar-refractivity contribution >= 4 is 11.9 Å². The molecule has 2 rings (SSSR count). The van der Waals surface area contributed by atoms with E-state index < -0.39 is 18.0 Å². The van der Waals surface area contributed by atoms with Gasteiger partial charge in [0.25, 0.3) is 5.91 Å². The Bertz CT molecular complexity index is 760. The average Bonchev–Trinajstić information content (AvgIpc) is 2.65. The van der Waals surface area contributed by atoms with Crippen molar-refractivity contribution in [1.82, 2.24) is 0 Å². The van der Waals surface area contributed by atoms with Crippen LogP contribution < -0.4 is 19.9 Å².